The zero-order valence-electron chi connectivity index (χ0n) is 8.24. The summed E-state index contributed by atoms with van der Waals surface area (Å²) in [5.74, 6) is 0.540. The molecule has 1 fully saturated rings. The normalized spacial score (nSPS) is 32.0. The molecule has 14 heavy (non-hydrogen) atoms. The first-order valence-electron chi connectivity index (χ1n) is 4.90. The predicted molar refractivity (Wildman–Crippen MR) is 57.9 cm³/mol. The highest BCUT2D eigenvalue weighted by Gasteiger charge is 2.40. The van der Waals surface area contributed by atoms with Gasteiger partial charge in [0.1, 0.15) is 0 Å². The number of carbonyl (C=O) groups excluding carboxylic acids is 1. The summed E-state index contributed by atoms with van der Waals surface area (Å²) in [6, 6.07) is 0. The third kappa shape index (κ3) is 2.87. The maximum atomic E-state index is 11.0. The number of hydrogen-bond donors (Lipinski definition) is 3. The Morgan fingerprint density at radius 3 is 2.86 bits per heavy atom. The Bertz CT molecular complexity index is 213. The summed E-state index contributed by atoms with van der Waals surface area (Å²) in [7, 11) is 0. The molecule has 2 atom stereocenters. The average molecular weight is 218 g/mol. The Morgan fingerprint density at radius 2 is 2.36 bits per heavy atom. The molecule has 0 radical (unpaired) electrons. The van der Waals surface area contributed by atoms with Crippen LogP contribution < -0.4 is 11.5 Å². The zero-order valence-corrected chi connectivity index (χ0v) is 9.05. The molecule has 0 aliphatic heterocycles. The van der Waals surface area contributed by atoms with Crippen LogP contribution in [0.3, 0.4) is 0 Å². The van der Waals surface area contributed by atoms with Gasteiger partial charge < -0.3 is 16.6 Å². The van der Waals surface area contributed by atoms with Crippen LogP contribution in [-0.4, -0.2) is 34.2 Å². The highest BCUT2D eigenvalue weighted by Crippen LogP contribution is 2.35. The van der Waals surface area contributed by atoms with Crippen LogP contribution in [0.1, 0.15) is 25.7 Å². The van der Waals surface area contributed by atoms with Gasteiger partial charge in [0.2, 0.25) is 5.91 Å². The van der Waals surface area contributed by atoms with Gasteiger partial charge in [-0.15, -0.1) is 0 Å². The molecule has 0 heterocycles. The summed E-state index contributed by atoms with van der Waals surface area (Å²) in [5.41, 5.74) is 10.3. The van der Waals surface area contributed by atoms with E-state index in [2.05, 4.69) is 0 Å². The smallest absolute Gasteiger partial charge is 0.237 e. The maximum Gasteiger partial charge on any atom is 0.237 e. The molecule has 1 aliphatic rings. The topological polar surface area (TPSA) is 89.3 Å². The second-order valence-electron chi connectivity index (χ2n) is 3.83. The number of aliphatic hydroxyl groups is 1. The molecule has 2 unspecified atom stereocenters. The highest BCUT2D eigenvalue weighted by atomic mass is 32.2. The van der Waals surface area contributed by atoms with Gasteiger partial charge in [0.15, 0.2) is 0 Å². The summed E-state index contributed by atoms with van der Waals surface area (Å²) in [6.45, 7) is 0.226. The van der Waals surface area contributed by atoms with Crippen LogP contribution in [0.15, 0.2) is 0 Å². The third-order valence-electron chi connectivity index (χ3n) is 2.65. The molecule has 0 aromatic rings. The van der Waals surface area contributed by atoms with Crippen molar-refractivity contribution in [3.05, 3.63) is 0 Å². The second-order valence-corrected chi connectivity index (χ2v) is 5.24. The van der Waals surface area contributed by atoms with E-state index in [1.54, 1.807) is 11.8 Å². The molecule has 1 amide bonds. The number of carbonyl (C=O) groups is 1. The van der Waals surface area contributed by atoms with Crippen LogP contribution >= 0.6 is 11.8 Å². The SMILES string of the molecule is NC(=O)C1(N)CCC(SCCCO)C1. The molecule has 0 spiro atoms. The van der Waals surface area contributed by atoms with E-state index in [1.165, 1.54) is 0 Å². The Morgan fingerprint density at radius 1 is 1.64 bits per heavy atom. The number of nitrogens with two attached hydrogens (primary N) is 2. The fourth-order valence-corrected chi connectivity index (χ4v) is 3.04. The van der Waals surface area contributed by atoms with Crippen molar-refractivity contribution in [2.45, 2.75) is 36.5 Å². The number of thioether (sulfide) groups is 1. The van der Waals surface area contributed by atoms with Crippen molar-refractivity contribution in [3.63, 3.8) is 0 Å². The lowest BCUT2D eigenvalue weighted by Crippen LogP contribution is -2.50. The Balaban J connectivity index is 2.30. The number of rotatable bonds is 5. The first-order valence-corrected chi connectivity index (χ1v) is 5.94. The average Bonchev–Trinajstić information content (AvgIpc) is 2.50. The van der Waals surface area contributed by atoms with Crippen molar-refractivity contribution in [1.82, 2.24) is 0 Å². The fourth-order valence-electron chi connectivity index (χ4n) is 1.71. The number of hydrogen-bond acceptors (Lipinski definition) is 4. The summed E-state index contributed by atoms with van der Waals surface area (Å²) in [4.78, 5) is 11.0. The van der Waals surface area contributed by atoms with E-state index >= 15 is 0 Å². The van der Waals surface area contributed by atoms with Gasteiger partial charge in [0.25, 0.3) is 0 Å². The van der Waals surface area contributed by atoms with Gasteiger partial charge in [-0.1, -0.05) is 0 Å². The number of primary amides is 1. The first-order chi connectivity index (χ1) is 6.58. The Hall–Kier alpha value is -0.260. The van der Waals surface area contributed by atoms with Crippen LogP contribution in [0.2, 0.25) is 0 Å². The highest BCUT2D eigenvalue weighted by molar-refractivity contribution is 7.99. The minimum atomic E-state index is -0.781. The van der Waals surface area contributed by atoms with Crippen molar-refractivity contribution in [2.24, 2.45) is 11.5 Å². The summed E-state index contributed by atoms with van der Waals surface area (Å²) >= 11 is 1.78. The van der Waals surface area contributed by atoms with Gasteiger partial charge in [-0.05, 0) is 31.4 Å². The minimum Gasteiger partial charge on any atom is -0.396 e. The second kappa shape index (κ2) is 5.00. The van der Waals surface area contributed by atoms with E-state index in [9.17, 15) is 4.79 Å². The molecule has 5 heteroatoms. The van der Waals surface area contributed by atoms with E-state index in [0.29, 0.717) is 18.1 Å². The van der Waals surface area contributed by atoms with Gasteiger partial charge in [-0.3, -0.25) is 4.79 Å². The van der Waals surface area contributed by atoms with E-state index in [1.807, 2.05) is 0 Å². The molecule has 1 aliphatic carbocycles. The monoisotopic (exact) mass is 218 g/mol. The largest absolute Gasteiger partial charge is 0.396 e. The van der Waals surface area contributed by atoms with E-state index in [-0.39, 0.29) is 12.5 Å². The van der Waals surface area contributed by atoms with Gasteiger partial charge in [0, 0.05) is 11.9 Å². The summed E-state index contributed by atoms with van der Waals surface area (Å²) < 4.78 is 0. The molecule has 0 aromatic carbocycles. The first kappa shape index (κ1) is 11.8. The molecular weight excluding hydrogens is 200 g/mol. The molecule has 5 N–H and O–H groups in total. The quantitative estimate of drug-likeness (QED) is 0.559. The Labute approximate surface area is 88.4 Å². The molecule has 1 saturated carbocycles. The van der Waals surface area contributed by atoms with E-state index < -0.39 is 5.54 Å². The van der Waals surface area contributed by atoms with Gasteiger partial charge >= 0.3 is 0 Å². The predicted octanol–water partition coefficient (Wildman–Crippen LogP) is -0.163. The van der Waals surface area contributed by atoms with Crippen molar-refractivity contribution in [3.8, 4) is 0 Å². The third-order valence-corrected chi connectivity index (χ3v) is 4.05. The molecular formula is C9H18N2O2S. The lowest BCUT2D eigenvalue weighted by molar-refractivity contribution is -0.122. The fraction of sp³-hybridized carbons (Fsp3) is 0.889. The zero-order chi connectivity index (χ0) is 10.6. The number of amides is 1. The van der Waals surface area contributed by atoms with Crippen LogP contribution in [0.4, 0.5) is 0 Å². The van der Waals surface area contributed by atoms with Crippen LogP contribution in [-0.2, 0) is 4.79 Å². The van der Waals surface area contributed by atoms with Gasteiger partial charge in [0.05, 0.1) is 5.54 Å². The minimum absolute atomic E-state index is 0.226. The maximum absolute atomic E-state index is 11.0. The van der Waals surface area contributed by atoms with Crippen molar-refractivity contribution >= 4 is 17.7 Å². The van der Waals surface area contributed by atoms with E-state index in [0.717, 1.165) is 18.6 Å². The van der Waals surface area contributed by atoms with Gasteiger partial charge in [-0.2, -0.15) is 11.8 Å². The van der Waals surface area contributed by atoms with Crippen molar-refractivity contribution < 1.29 is 9.90 Å². The van der Waals surface area contributed by atoms with Crippen LogP contribution in [0.25, 0.3) is 0 Å². The van der Waals surface area contributed by atoms with Crippen LogP contribution in [0, 0.1) is 0 Å². The lowest BCUT2D eigenvalue weighted by Gasteiger charge is -2.19. The summed E-state index contributed by atoms with van der Waals surface area (Å²) in [5, 5.41) is 9.05. The molecule has 1 rings (SSSR count). The lowest BCUT2D eigenvalue weighted by atomic mass is 9.99. The van der Waals surface area contributed by atoms with Crippen LogP contribution in [0.5, 0.6) is 0 Å². The number of aliphatic hydroxyl groups excluding tert-OH is 1. The van der Waals surface area contributed by atoms with Gasteiger partial charge in [-0.25, -0.2) is 0 Å². The standard InChI is InChI=1S/C9H18N2O2S/c10-8(13)9(11)3-2-7(6-9)14-5-1-4-12/h7,12H,1-6,11H2,(H2,10,13). The van der Waals surface area contributed by atoms with E-state index in [4.69, 9.17) is 16.6 Å². The Kier molecular flexibility index (Phi) is 4.22. The van der Waals surface area contributed by atoms with Crippen molar-refractivity contribution in [1.29, 1.82) is 0 Å². The molecule has 0 saturated heterocycles. The molecule has 82 valence electrons. The van der Waals surface area contributed by atoms with Crippen molar-refractivity contribution in [2.75, 3.05) is 12.4 Å². The molecule has 0 bridgehead atoms. The summed E-state index contributed by atoms with van der Waals surface area (Å²) in [6.07, 6.45) is 3.13. The molecule has 4 nitrogen and oxygen atoms in total. The molecule has 0 aromatic heterocycles.